The van der Waals surface area contributed by atoms with Crippen molar-refractivity contribution in [3.63, 3.8) is 0 Å². The molecule has 0 fully saturated rings. The third-order valence-corrected chi connectivity index (χ3v) is 10.2. The van der Waals surface area contributed by atoms with Gasteiger partial charge in [-0.25, -0.2) is 4.79 Å². The van der Waals surface area contributed by atoms with Gasteiger partial charge in [-0.2, -0.15) is 0 Å². The summed E-state index contributed by atoms with van der Waals surface area (Å²) in [6, 6.07) is 0. The zero-order chi connectivity index (χ0) is 45.6. The lowest BCUT2D eigenvalue weighted by molar-refractivity contribution is -0.870. The predicted molar refractivity (Wildman–Crippen MR) is 258 cm³/mol. The van der Waals surface area contributed by atoms with Crippen LogP contribution in [0.3, 0.4) is 0 Å². The zero-order valence-corrected chi connectivity index (χ0v) is 40.3. The van der Waals surface area contributed by atoms with Crippen LogP contribution in [0.25, 0.3) is 0 Å². The number of rotatable bonds is 44. The van der Waals surface area contributed by atoms with Crippen LogP contribution in [0.5, 0.6) is 0 Å². The Labute approximate surface area is 379 Å². The standard InChI is InChI=1S/C53H91NO8/c1-6-8-10-12-14-15-16-17-18-19-20-21-22-23-24-25-26-27-28-29-30-31-32-33-34-35-36-37-38-40-42-44-51(56)62-49(47-60-50(55)43-41-39-13-11-9-7-2)48-61-53(52(57)58)59-46-45-54(3,4)5/h8,10,14-15,17-18,20-21,23-24,26-27,49,53H,6-7,9,11-13,16,19,22,25,28-48H2,1-5H3/p+1/b10-8-,15-14-,18-17-,21-20-,24-23-,27-26-. The molecule has 2 unspecified atom stereocenters. The van der Waals surface area contributed by atoms with Gasteiger partial charge in [0.1, 0.15) is 13.2 Å². The Hall–Kier alpha value is -3.27. The highest BCUT2D eigenvalue weighted by Crippen LogP contribution is 2.15. The molecule has 2 atom stereocenters. The number of carboxylic acid groups (broad SMARTS) is 1. The Kier molecular flexibility index (Phi) is 42.0. The van der Waals surface area contributed by atoms with Crippen LogP contribution in [0.15, 0.2) is 72.9 Å². The first-order valence-corrected chi connectivity index (χ1v) is 24.6. The van der Waals surface area contributed by atoms with Crippen molar-refractivity contribution in [1.29, 1.82) is 0 Å². The fourth-order valence-corrected chi connectivity index (χ4v) is 6.43. The lowest BCUT2D eigenvalue weighted by Gasteiger charge is -2.25. The molecule has 0 spiro atoms. The van der Waals surface area contributed by atoms with Crippen molar-refractivity contribution < 1.29 is 42.9 Å². The van der Waals surface area contributed by atoms with Crippen LogP contribution in [-0.4, -0.2) is 87.4 Å². The number of ether oxygens (including phenoxy) is 4. The average Bonchev–Trinajstić information content (AvgIpc) is 3.23. The van der Waals surface area contributed by atoms with Gasteiger partial charge in [0, 0.05) is 12.8 Å². The second-order valence-corrected chi connectivity index (χ2v) is 17.4. The summed E-state index contributed by atoms with van der Waals surface area (Å²) in [6.45, 7) is 4.67. The largest absolute Gasteiger partial charge is 0.477 e. The van der Waals surface area contributed by atoms with E-state index in [1.807, 2.05) is 21.1 Å². The van der Waals surface area contributed by atoms with E-state index in [2.05, 4.69) is 86.8 Å². The third kappa shape index (κ3) is 44.8. The van der Waals surface area contributed by atoms with Crippen LogP contribution in [0, 0.1) is 0 Å². The number of carbonyl (C=O) groups excluding carboxylic acids is 2. The first-order chi connectivity index (χ1) is 30.1. The lowest BCUT2D eigenvalue weighted by atomic mass is 10.0. The molecule has 0 bridgehead atoms. The van der Waals surface area contributed by atoms with Gasteiger partial charge in [0.25, 0.3) is 6.29 Å². The van der Waals surface area contributed by atoms with E-state index in [9.17, 15) is 19.5 Å². The molecular formula is C53H92NO8+. The minimum absolute atomic E-state index is 0.185. The molecular weight excluding hydrogens is 779 g/mol. The maximum absolute atomic E-state index is 12.7. The molecule has 0 aliphatic heterocycles. The first kappa shape index (κ1) is 58.7. The van der Waals surface area contributed by atoms with Gasteiger partial charge in [0.2, 0.25) is 0 Å². The summed E-state index contributed by atoms with van der Waals surface area (Å²) < 4.78 is 22.6. The van der Waals surface area contributed by atoms with Gasteiger partial charge in [0.05, 0.1) is 34.4 Å². The van der Waals surface area contributed by atoms with Crippen LogP contribution in [0.4, 0.5) is 0 Å². The summed E-state index contributed by atoms with van der Waals surface area (Å²) in [5, 5.41) is 9.61. The van der Waals surface area contributed by atoms with Gasteiger partial charge >= 0.3 is 17.9 Å². The number of carboxylic acids is 1. The van der Waals surface area contributed by atoms with Crippen LogP contribution >= 0.6 is 0 Å². The molecule has 0 aromatic carbocycles. The summed E-state index contributed by atoms with van der Waals surface area (Å²) in [5.74, 6) is -2.02. The van der Waals surface area contributed by atoms with Gasteiger partial charge in [-0.05, 0) is 64.2 Å². The number of allylic oxidation sites excluding steroid dienone is 12. The van der Waals surface area contributed by atoms with Crippen molar-refractivity contribution in [2.45, 2.75) is 200 Å². The number of hydrogen-bond donors (Lipinski definition) is 1. The van der Waals surface area contributed by atoms with Crippen LogP contribution in [0.2, 0.25) is 0 Å². The van der Waals surface area contributed by atoms with Crippen molar-refractivity contribution in [2.75, 3.05) is 47.5 Å². The quantitative estimate of drug-likeness (QED) is 0.0212. The van der Waals surface area contributed by atoms with E-state index in [0.29, 0.717) is 23.9 Å². The smallest absolute Gasteiger partial charge is 0.361 e. The van der Waals surface area contributed by atoms with E-state index in [4.69, 9.17) is 18.9 Å². The Morgan fingerprint density at radius 1 is 0.500 bits per heavy atom. The number of unbranched alkanes of at least 4 members (excludes halogenated alkanes) is 17. The molecule has 0 heterocycles. The molecule has 0 radical (unpaired) electrons. The average molecular weight is 871 g/mol. The van der Waals surface area contributed by atoms with Gasteiger partial charge in [-0.15, -0.1) is 0 Å². The molecule has 9 heteroatoms. The van der Waals surface area contributed by atoms with Crippen LogP contribution < -0.4 is 0 Å². The lowest BCUT2D eigenvalue weighted by Crippen LogP contribution is -2.40. The normalized spacial score (nSPS) is 13.5. The Morgan fingerprint density at radius 2 is 0.919 bits per heavy atom. The maximum Gasteiger partial charge on any atom is 0.361 e. The number of hydrogen-bond acceptors (Lipinski definition) is 7. The summed E-state index contributed by atoms with van der Waals surface area (Å²) in [6.07, 6.45) is 53.0. The van der Waals surface area contributed by atoms with Crippen molar-refractivity contribution >= 4 is 17.9 Å². The van der Waals surface area contributed by atoms with E-state index in [0.717, 1.165) is 83.5 Å². The summed E-state index contributed by atoms with van der Waals surface area (Å²) >= 11 is 0. The number of quaternary nitrogens is 1. The number of nitrogens with zero attached hydrogens (tertiary/aromatic N) is 1. The van der Waals surface area contributed by atoms with Crippen molar-refractivity contribution in [3.8, 4) is 0 Å². The van der Waals surface area contributed by atoms with Gasteiger partial charge in [0.15, 0.2) is 6.10 Å². The molecule has 9 nitrogen and oxygen atoms in total. The van der Waals surface area contributed by atoms with E-state index in [-0.39, 0.29) is 32.2 Å². The fraction of sp³-hybridized carbons (Fsp3) is 0.717. The minimum Gasteiger partial charge on any atom is -0.477 e. The fourth-order valence-electron chi connectivity index (χ4n) is 6.43. The predicted octanol–water partition coefficient (Wildman–Crippen LogP) is 13.5. The van der Waals surface area contributed by atoms with Gasteiger partial charge < -0.3 is 28.5 Å². The Balaban J connectivity index is 4.08. The number of esters is 2. The van der Waals surface area contributed by atoms with E-state index in [1.165, 1.54) is 70.6 Å². The zero-order valence-electron chi connectivity index (χ0n) is 40.3. The monoisotopic (exact) mass is 871 g/mol. The molecule has 1 N–H and O–H groups in total. The van der Waals surface area contributed by atoms with Crippen LogP contribution in [0.1, 0.15) is 187 Å². The molecule has 0 saturated carbocycles. The van der Waals surface area contributed by atoms with Crippen molar-refractivity contribution in [3.05, 3.63) is 72.9 Å². The molecule has 0 aromatic heterocycles. The van der Waals surface area contributed by atoms with Crippen LogP contribution in [-0.2, 0) is 33.3 Å². The SMILES string of the molecule is CC/C=C\C/C=C\C/C=C\C/C=C\C/C=C\C/C=C\CCCCCCCCCCCCCCC(=O)OC(COC(=O)CCCCCCCC)COC(OCC[N+](C)(C)C)C(=O)O. The number of likely N-dealkylation sites (N-methyl/N-ethyl adjacent to an activating group) is 1. The molecule has 0 aromatic rings. The van der Waals surface area contributed by atoms with E-state index in [1.54, 1.807) is 0 Å². The molecule has 0 aliphatic carbocycles. The molecule has 62 heavy (non-hydrogen) atoms. The molecule has 0 amide bonds. The molecule has 0 saturated heterocycles. The first-order valence-electron chi connectivity index (χ1n) is 24.6. The number of carbonyl (C=O) groups is 3. The minimum atomic E-state index is -1.51. The highest BCUT2D eigenvalue weighted by atomic mass is 16.7. The third-order valence-electron chi connectivity index (χ3n) is 10.2. The van der Waals surface area contributed by atoms with Gasteiger partial charge in [-0.1, -0.05) is 183 Å². The summed E-state index contributed by atoms with van der Waals surface area (Å²) in [5.41, 5.74) is 0. The Bertz CT molecular complexity index is 1240. The topological polar surface area (TPSA) is 108 Å². The molecule has 356 valence electrons. The van der Waals surface area contributed by atoms with Crippen molar-refractivity contribution in [2.24, 2.45) is 0 Å². The highest BCUT2D eigenvalue weighted by Gasteiger charge is 2.25. The highest BCUT2D eigenvalue weighted by molar-refractivity contribution is 5.71. The maximum atomic E-state index is 12.7. The summed E-state index contributed by atoms with van der Waals surface area (Å²) in [4.78, 5) is 36.9. The summed E-state index contributed by atoms with van der Waals surface area (Å²) in [7, 11) is 5.94. The van der Waals surface area contributed by atoms with E-state index < -0.39 is 24.3 Å². The second-order valence-electron chi connectivity index (χ2n) is 17.4. The van der Waals surface area contributed by atoms with E-state index >= 15 is 0 Å². The Morgan fingerprint density at radius 3 is 1.37 bits per heavy atom. The molecule has 0 rings (SSSR count). The number of aliphatic carboxylic acids is 1. The van der Waals surface area contributed by atoms with Crippen molar-refractivity contribution in [1.82, 2.24) is 0 Å². The molecule has 0 aliphatic rings. The second kappa shape index (κ2) is 44.3. The van der Waals surface area contributed by atoms with Gasteiger partial charge in [-0.3, -0.25) is 9.59 Å².